The van der Waals surface area contributed by atoms with E-state index in [9.17, 15) is 4.79 Å². The van der Waals surface area contributed by atoms with Gasteiger partial charge in [0.2, 0.25) is 0 Å². The number of furan rings is 1. The largest absolute Gasteiger partial charge is 0.478 e. The minimum absolute atomic E-state index is 0.0305. The van der Waals surface area contributed by atoms with E-state index in [4.69, 9.17) is 14.3 Å². The number of aromatic carboxylic acids is 1. The van der Waals surface area contributed by atoms with Gasteiger partial charge in [0.1, 0.15) is 17.1 Å². The lowest BCUT2D eigenvalue weighted by molar-refractivity contribution is -0.0697. The highest BCUT2D eigenvalue weighted by molar-refractivity contribution is 5.88. The molecule has 1 fully saturated rings. The van der Waals surface area contributed by atoms with Crippen LogP contribution in [-0.2, 0) is 11.3 Å². The van der Waals surface area contributed by atoms with Crippen molar-refractivity contribution in [2.75, 3.05) is 13.7 Å². The van der Waals surface area contributed by atoms with E-state index >= 15 is 0 Å². The highest BCUT2D eigenvalue weighted by Gasteiger charge is 2.36. The summed E-state index contributed by atoms with van der Waals surface area (Å²) in [6, 6.07) is 1.57. The Morgan fingerprint density at radius 2 is 2.33 bits per heavy atom. The van der Waals surface area contributed by atoms with Crippen LogP contribution >= 0.6 is 0 Å². The Kier molecular flexibility index (Phi) is 3.73. The third kappa shape index (κ3) is 2.57. The molecule has 1 aliphatic rings. The first-order chi connectivity index (χ1) is 8.56. The zero-order valence-electron chi connectivity index (χ0n) is 10.8. The van der Waals surface area contributed by atoms with Gasteiger partial charge in [-0.2, -0.15) is 0 Å². The third-order valence-electron chi connectivity index (χ3n) is 3.64. The standard InChI is InChI=1S/C13H19NO4/c1-9-11(12(15)16)6-10(18-9)7-14-8-13(17-2)4-3-5-13/h6,14H,3-5,7-8H2,1-2H3,(H,15,16). The second-order valence-corrected chi connectivity index (χ2v) is 4.83. The number of hydrogen-bond donors (Lipinski definition) is 2. The normalized spacial score (nSPS) is 17.4. The van der Waals surface area contributed by atoms with Crippen LogP contribution in [0, 0.1) is 6.92 Å². The van der Waals surface area contributed by atoms with Gasteiger partial charge in [-0.3, -0.25) is 0 Å². The number of aryl methyl sites for hydroxylation is 1. The molecule has 100 valence electrons. The molecule has 0 radical (unpaired) electrons. The average Bonchev–Trinajstić information content (AvgIpc) is 2.64. The second kappa shape index (κ2) is 5.12. The average molecular weight is 253 g/mol. The van der Waals surface area contributed by atoms with E-state index in [0.29, 0.717) is 18.1 Å². The van der Waals surface area contributed by atoms with Crippen molar-refractivity contribution in [1.82, 2.24) is 5.32 Å². The highest BCUT2D eigenvalue weighted by atomic mass is 16.5. The molecule has 1 saturated carbocycles. The Bertz CT molecular complexity index is 429. The molecule has 18 heavy (non-hydrogen) atoms. The van der Waals surface area contributed by atoms with Crippen LogP contribution in [0.3, 0.4) is 0 Å². The third-order valence-corrected chi connectivity index (χ3v) is 3.64. The number of methoxy groups -OCH3 is 1. The minimum Gasteiger partial charge on any atom is -0.478 e. The monoisotopic (exact) mass is 253 g/mol. The van der Waals surface area contributed by atoms with Crippen molar-refractivity contribution in [2.24, 2.45) is 0 Å². The van der Waals surface area contributed by atoms with E-state index in [-0.39, 0.29) is 11.2 Å². The molecular weight excluding hydrogens is 234 g/mol. The molecule has 1 aromatic rings. The Morgan fingerprint density at radius 3 is 2.78 bits per heavy atom. The summed E-state index contributed by atoms with van der Waals surface area (Å²) in [5.74, 6) is 0.148. The molecule has 1 aliphatic carbocycles. The van der Waals surface area contributed by atoms with Crippen LogP contribution in [0.5, 0.6) is 0 Å². The zero-order chi connectivity index (χ0) is 13.2. The van der Waals surface area contributed by atoms with Gasteiger partial charge in [0, 0.05) is 13.7 Å². The topological polar surface area (TPSA) is 71.7 Å². The Labute approximate surface area is 106 Å². The van der Waals surface area contributed by atoms with Crippen LogP contribution in [0.15, 0.2) is 10.5 Å². The van der Waals surface area contributed by atoms with Crippen LogP contribution < -0.4 is 5.32 Å². The van der Waals surface area contributed by atoms with Crippen LogP contribution in [-0.4, -0.2) is 30.3 Å². The van der Waals surface area contributed by atoms with Crippen molar-refractivity contribution in [3.63, 3.8) is 0 Å². The molecular formula is C13H19NO4. The number of carboxylic acids is 1. The van der Waals surface area contributed by atoms with Gasteiger partial charge in [-0.25, -0.2) is 4.79 Å². The predicted molar refractivity (Wildman–Crippen MR) is 65.7 cm³/mol. The van der Waals surface area contributed by atoms with E-state index in [1.54, 1.807) is 20.1 Å². The van der Waals surface area contributed by atoms with Gasteiger partial charge < -0.3 is 19.6 Å². The van der Waals surface area contributed by atoms with E-state index in [1.807, 2.05) is 0 Å². The molecule has 0 amide bonds. The van der Waals surface area contributed by atoms with Crippen LogP contribution in [0.25, 0.3) is 0 Å². The first kappa shape index (κ1) is 13.1. The van der Waals surface area contributed by atoms with Gasteiger partial charge in [-0.05, 0) is 32.3 Å². The lowest BCUT2D eigenvalue weighted by atomic mass is 9.80. The molecule has 0 aromatic carbocycles. The summed E-state index contributed by atoms with van der Waals surface area (Å²) in [6.07, 6.45) is 3.36. The molecule has 0 aliphatic heterocycles. The van der Waals surface area contributed by atoms with Gasteiger partial charge in [0.05, 0.1) is 12.1 Å². The molecule has 1 heterocycles. The van der Waals surface area contributed by atoms with Gasteiger partial charge >= 0.3 is 5.97 Å². The number of carboxylic acid groups (broad SMARTS) is 1. The van der Waals surface area contributed by atoms with Crippen molar-refractivity contribution in [2.45, 2.75) is 38.3 Å². The van der Waals surface area contributed by atoms with Crippen molar-refractivity contribution in [3.05, 3.63) is 23.2 Å². The fourth-order valence-corrected chi connectivity index (χ4v) is 2.28. The van der Waals surface area contributed by atoms with Crippen LogP contribution in [0.2, 0.25) is 0 Å². The second-order valence-electron chi connectivity index (χ2n) is 4.83. The lowest BCUT2D eigenvalue weighted by Gasteiger charge is -2.40. The van der Waals surface area contributed by atoms with Crippen molar-refractivity contribution >= 4 is 5.97 Å². The fraction of sp³-hybridized carbons (Fsp3) is 0.615. The van der Waals surface area contributed by atoms with Crippen molar-refractivity contribution in [3.8, 4) is 0 Å². The Hall–Kier alpha value is -1.33. The van der Waals surface area contributed by atoms with E-state index in [0.717, 1.165) is 19.4 Å². The molecule has 2 N–H and O–H groups in total. The zero-order valence-corrected chi connectivity index (χ0v) is 10.8. The molecule has 0 bridgehead atoms. The van der Waals surface area contributed by atoms with Gasteiger partial charge in [-0.1, -0.05) is 0 Å². The maximum Gasteiger partial charge on any atom is 0.339 e. The van der Waals surface area contributed by atoms with E-state index < -0.39 is 5.97 Å². The molecule has 5 nitrogen and oxygen atoms in total. The minimum atomic E-state index is -0.949. The summed E-state index contributed by atoms with van der Waals surface area (Å²) in [5, 5.41) is 12.2. The first-order valence-corrected chi connectivity index (χ1v) is 6.15. The molecule has 5 heteroatoms. The Morgan fingerprint density at radius 1 is 1.61 bits per heavy atom. The molecule has 0 spiro atoms. The predicted octanol–water partition coefficient (Wildman–Crippen LogP) is 1.94. The van der Waals surface area contributed by atoms with Crippen LogP contribution in [0.4, 0.5) is 0 Å². The first-order valence-electron chi connectivity index (χ1n) is 6.15. The Balaban J connectivity index is 1.87. The molecule has 2 rings (SSSR count). The fourth-order valence-electron chi connectivity index (χ4n) is 2.28. The van der Waals surface area contributed by atoms with Crippen molar-refractivity contribution in [1.29, 1.82) is 0 Å². The summed E-state index contributed by atoms with van der Waals surface area (Å²) < 4.78 is 10.9. The number of ether oxygens (including phenoxy) is 1. The van der Waals surface area contributed by atoms with Crippen molar-refractivity contribution < 1.29 is 19.1 Å². The summed E-state index contributed by atoms with van der Waals surface area (Å²) in [7, 11) is 1.74. The lowest BCUT2D eigenvalue weighted by Crippen LogP contribution is -2.47. The van der Waals surface area contributed by atoms with E-state index in [1.165, 1.54) is 6.42 Å². The molecule has 0 unspecified atom stereocenters. The molecule has 0 saturated heterocycles. The number of rotatable bonds is 6. The van der Waals surface area contributed by atoms with E-state index in [2.05, 4.69) is 5.32 Å². The maximum atomic E-state index is 10.9. The quantitative estimate of drug-likeness (QED) is 0.810. The highest BCUT2D eigenvalue weighted by Crippen LogP contribution is 2.34. The smallest absolute Gasteiger partial charge is 0.339 e. The summed E-state index contributed by atoms with van der Waals surface area (Å²) in [6.45, 7) is 2.96. The summed E-state index contributed by atoms with van der Waals surface area (Å²) in [5.41, 5.74) is 0.203. The van der Waals surface area contributed by atoms with Gasteiger partial charge in [-0.15, -0.1) is 0 Å². The van der Waals surface area contributed by atoms with Gasteiger partial charge in [0.25, 0.3) is 0 Å². The number of nitrogens with one attached hydrogen (secondary N) is 1. The summed E-state index contributed by atoms with van der Waals surface area (Å²) >= 11 is 0. The molecule has 0 atom stereocenters. The number of carbonyl (C=O) groups is 1. The van der Waals surface area contributed by atoms with Gasteiger partial charge in [0.15, 0.2) is 0 Å². The molecule has 1 aromatic heterocycles. The SMILES string of the molecule is COC1(CNCc2cc(C(=O)O)c(C)o2)CCC1. The maximum absolute atomic E-state index is 10.9. The number of hydrogen-bond acceptors (Lipinski definition) is 4. The van der Waals surface area contributed by atoms with Crippen LogP contribution in [0.1, 0.15) is 41.1 Å². The summed E-state index contributed by atoms with van der Waals surface area (Å²) in [4.78, 5) is 10.9.